The van der Waals surface area contributed by atoms with Crippen molar-refractivity contribution in [2.75, 3.05) is 4.90 Å². The van der Waals surface area contributed by atoms with E-state index in [4.69, 9.17) is 0 Å². The van der Waals surface area contributed by atoms with Crippen molar-refractivity contribution < 1.29 is 0 Å². The van der Waals surface area contributed by atoms with E-state index in [1.165, 1.54) is 51.0 Å². The van der Waals surface area contributed by atoms with Crippen LogP contribution < -0.4 is 21.3 Å². The molecule has 1 aliphatic carbocycles. The lowest BCUT2D eigenvalue weighted by Crippen LogP contribution is -2.64. The summed E-state index contributed by atoms with van der Waals surface area (Å²) in [6, 6.07) is 32.1. The van der Waals surface area contributed by atoms with Gasteiger partial charge in [0.1, 0.15) is 0 Å². The summed E-state index contributed by atoms with van der Waals surface area (Å²) in [6.07, 6.45) is 1.19. The molecule has 7 rings (SSSR count). The lowest BCUT2D eigenvalue weighted by molar-refractivity contribution is 0.403. The molecule has 0 bridgehead atoms. The average Bonchev–Trinajstić information content (AvgIpc) is 3.04. The predicted octanol–water partition coefficient (Wildman–Crippen LogP) is 6.58. The van der Waals surface area contributed by atoms with Gasteiger partial charge in [-0.15, -0.1) is 0 Å². The van der Waals surface area contributed by atoms with Crippen LogP contribution >= 0.6 is 0 Å². The summed E-state index contributed by atoms with van der Waals surface area (Å²) in [7, 11) is 0. The van der Waals surface area contributed by atoms with Crippen LogP contribution in [0.1, 0.15) is 70.2 Å². The van der Waals surface area contributed by atoms with Gasteiger partial charge in [0, 0.05) is 22.5 Å². The van der Waals surface area contributed by atoms with Crippen molar-refractivity contribution in [2.24, 2.45) is 0 Å². The van der Waals surface area contributed by atoms with Crippen molar-refractivity contribution in [1.82, 2.24) is 0 Å². The number of anilines is 3. The zero-order valence-electron chi connectivity index (χ0n) is 22.3. The summed E-state index contributed by atoms with van der Waals surface area (Å²) in [4.78, 5) is 2.48. The van der Waals surface area contributed by atoms with Crippen molar-refractivity contribution in [3.63, 3.8) is 0 Å². The second kappa shape index (κ2) is 6.94. The molecule has 2 heteroatoms. The highest BCUT2D eigenvalue weighted by Crippen LogP contribution is 2.51. The van der Waals surface area contributed by atoms with Gasteiger partial charge >= 0.3 is 0 Å². The summed E-state index contributed by atoms with van der Waals surface area (Å²) in [5.41, 5.74) is 14.6. The van der Waals surface area contributed by atoms with Gasteiger partial charge in [0.2, 0.25) is 6.71 Å². The van der Waals surface area contributed by atoms with Crippen LogP contribution in [0.3, 0.4) is 0 Å². The fraction of sp³-hybridized carbons (Fsp3) is 0.294. The number of rotatable bonds is 1. The van der Waals surface area contributed by atoms with Crippen molar-refractivity contribution in [3.05, 3.63) is 107 Å². The fourth-order valence-corrected chi connectivity index (χ4v) is 7.95. The molecule has 1 nitrogen and oxygen atoms in total. The van der Waals surface area contributed by atoms with E-state index < -0.39 is 0 Å². The highest BCUT2D eigenvalue weighted by Gasteiger charge is 2.49. The minimum Gasteiger partial charge on any atom is -0.312 e. The van der Waals surface area contributed by atoms with Crippen molar-refractivity contribution >= 4 is 40.2 Å². The Bertz CT molecular complexity index is 1540. The minimum absolute atomic E-state index is 0.0658. The number of benzene rings is 4. The first-order valence-electron chi connectivity index (χ1n) is 13.4. The Morgan fingerprint density at radius 1 is 0.583 bits per heavy atom. The summed E-state index contributed by atoms with van der Waals surface area (Å²) in [5, 5.41) is 0. The molecule has 0 atom stereocenters. The number of nitrogens with zero attached hydrogens (tertiary/aromatic N) is 1. The van der Waals surface area contributed by atoms with Crippen LogP contribution in [0, 0.1) is 0 Å². The molecule has 0 saturated carbocycles. The van der Waals surface area contributed by atoms with E-state index in [1.54, 1.807) is 11.1 Å². The monoisotopic (exact) mass is 467 g/mol. The summed E-state index contributed by atoms with van der Waals surface area (Å²) < 4.78 is 0. The summed E-state index contributed by atoms with van der Waals surface area (Å²) in [6.45, 7) is 14.9. The minimum atomic E-state index is -0.0658. The lowest BCUT2D eigenvalue weighted by atomic mass is 9.30. The van der Waals surface area contributed by atoms with Crippen molar-refractivity contribution in [3.8, 4) is 0 Å². The second-order valence-corrected chi connectivity index (χ2v) is 13.0. The summed E-state index contributed by atoms with van der Waals surface area (Å²) in [5.74, 6) is 0. The van der Waals surface area contributed by atoms with Gasteiger partial charge in [0.05, 0.1) is 0 Å². The van der Waals surface area contributed by atoms with E-state index in [2.05, 4.69) is 131 Å². The van der Waals surface area contributed by atoms with Gasteiger partial charge in [0.25, 0.3) is 0 Å². The largest absolute Gasteiger partial charge is 0.312 e. The molecule has 0 amide bonds. The molecule has 2 aliphatic heterocycles. The first-order chi connectivity index (χ1) is 17.1. The predicted molar refractivity (Wildman–Crippen MR) is 155 cm³/mol. The topological polar surface area (TPSA) is 3.24 Å². The third kappa shape index (κ3) is 2.73. The Morgan fingerprint density at radius 2 is 1.22 bits per heavy atom. The SMILES string of the molecule is CC1(C)CC(C)(C)c2cc3c(cc21)B1c2ccccc2N(c2ccccc2)c2cccc(c21)C3(C)C. The van der Waals surface area contributed by atoms with Gasteiger partial charge < -0.3 is 4.90 Å². The Morgan fingerprint density at radius 3 is 1.97 bits per heavy atom. The molecule has 0 aromatic heterocycles. The molecule has 0 N–H and O–H groups in total. The van der Waals surface area contributed by atoms with Gasteiger partial charge in [0.15, 0.2) is 0 Å². The van der Waals surface area contributed by atoms with Gasteiger partial charge in [-0.3, -0.25) is 0 Å². The maximum atomic E-state index is 2.61. The molecule has 2 heterocycles. The zero-order valence-corrected chi connectivity index (χ0v) is 22.3. The number of hydrogen-bond donors (Lipinski definition) is 0. The average molecular weight is 467 g/mol. The molecular formula is C34H34BN. The first kappa shape index (κ1) is 22.0. The van der Waals surface area contributed by atoms with Gasteiger partial charge in [-0.25, -0.2) is 0 Å². The number of fused-ring (bicyclic) bond motifs is 5. The number of para-hydroxylation sites is 2. The van der Waals surface area contributed by atoms with E-state index in [0.717, 1.165) is 0 Å². The van der Waals surface area contributed by atoms with Gasteiger partial charge in [-0.05, 0) is 74.7 Å². The van der Waals surface area contributed by atoms with Crippen LogP contribution in [0.2, 0.25) is 0 Å². The Labute approximate surface area is 216 Å². The third-order valence-corrected chi connectivity index (χ3v) is 9.31. The van der Waals surface area contributed by atoms with Gasteiger partial charge in [-0.1, -0.05) is 108 Å². The fourth-order valence-electron chi connectivity index (χ4n) is 7.95. The highest BCUT2D eigenvalue weighted by molar-refractivity contribution is 6.99. The van der Waals surface area contributed by atoms with Crippen LogP contribution in [-0.4, -0.2) is 6.71 Å². The molecule has 0 spiro atoms. The van der Waals surface area contributed by atoms with Gasteiger partial charge in [-0.2, -0.15) is 0 Å². The number of hydrogen-bond acceptors (Lipinski definition) is 1. The van der Waals surface area contributed by atoms with E-state index in [9.17, 15) is 0 Å². The lowest BCUT2D eigenvalue weighted by Gasteiger charge is -2.46. The third-order valence-electron chi connectivity index (χ3n) is 9.31. The summed E-state index contributed by atoms with van der Waals surface area (Å²) >= 11 is 0. The standard InChI is InChI=1S/C34H34BN/c1-32(2)21-33(3,4)25-20-28-26(19-24(25)32)34(5,6)23-15-12-18-30-31(23)35(28)27-16-10-11-17-29(27)36(30)22-13-8-7-9-14-22/h7-20H,21H2,1-6H3. The molecule has 178 valence electrons. The zero-order chi connectivity index (χ0) is 25.0. The van der Waals surface area contributed by atoms with Crippen LogP contribution in [0.5, 0.6) is 0 Å². The van der Waals surface area contributed by atoms with E-state index in [0.29, 0.717) is 0 Å². The molecule has 0 radical (unpaired) electrons. The van der Waals surface area contributed by atoms with E-state index in [1.807, 2.05) is 0 Å². The molecular weight excluding hydrogens is 433 g/mol. The first-order valence-corrected chi connectivity index (χ1v) is 13.4. The quantitative estimate of drug-likeness (QED) is 0.252. The molecule has 4 aromatic rings. The Hall–Kier alpha value is -3.26. The Balaban J connectivity index is 1.58. The molecule has 0 saturated heterocycles. The Kier molecular flexibility index (Phi) is 4.24. The normalized spacial score (nSPS) is 19.3. The smallest absolute Gasteiger partial charge is 0.247 e. The molecule has 36 heavy (non-hydrogen) atoms. The highest BCUT2D eigenvalue weighted by atomic mass is 15.1. The maximum absolute atomic E-state index is 2.61. The van der Waals surface area contributed by atoms with Crippen molar-refractivity contribution in [2.45, 2.75) is 64.2 Å². The molecule has 0 fully saturated rings. The maximum Gasteiger partial charge on any atom is 0.247 e. The van der Waals surface area contributed by atoms with Crippen LogP contribution in [0.15, 0.2) is 84.9 Å². The van der Waals surface area contributed by atoms with Crippen LogP contribution in [-0.2, 0) is 16.2 Å². The molecule has 0 unspecified atom stereocenters. The van der Waals surface area contributed by atoms with Crippen molar-refractivity contribution in [1.29, 1.82) is 0 Å². The second-order valence-electron chi connectivity index (χ2n) is 13.0. The molecule has 4 aromatic carbocycles. The van der Waals surface area contributed by atoms with E-state index >= 15 is 0 Å². The van der Waals surface area contributed by atoms with Crippen LogP contribution in [0.4, 0.5) is 17.1 Å². The van der Waals surface area contributed by atoms with Crippen LogP contribution in [0.25, 0.3) is 0 Å². The van der Waals surface area contributed by atoms with E-state index in [-0.39, 0.29) is 23.0 Å². The molecule has 3 aliphatic rings.